The first kappa shape index (κ1) is 5.07. The van der Waals surface area contributed by atoms with Gasteiger partial charge in [-0.05, 0) is 6.08 Å². The smallest absolute Gasteiger partial charge is 0.128 e. The molecule has 1 heteroatoms. The maximum Gasteiger partial charge on any atom is 0.128 e. The number of carbonyl (C=O) groups excluding carboxylic acids is 1. The van der Waals surface area contributed by atoms with Gasteiger partial charge in [0.15, 0.2) is 0 Å². The summed E-state index contributed by atoms with van der Waals surface area (Å²) >= 11 is 0. The minimum Gasteiger partial charge on any atom is -0.233 e. The molecule has 1 rings (SSSR count). The average molecular weight is 106 g/mol. The highest BCUT2D eigenvalue weighted by Crippen LogP contribution is 2.04. The third kappa shape index (κ3) is 0.955. The monoisotopic (exact) mass is 106 g/mol. The summed E-state index contributed by atoms with van der Waals surface area (Å²) in [5.41, 5.74) is 0.729. The van der Waals surface area contributed by atoms with E-state index in [0.717, 1.165) is 12.0 Å². The number of rotatable bonds is 0. The second-order valence-corrected chi connectivity index (χ2v) is 1.62. The van der Waals surface area contributed by atoms with Crippen LogP contribution in [0.4, 0.5) is 0 Å². The van der Waals surface area contributed by atoms with Crippen LogP contribution in [0.1, 0.15) is 6.42 Å². The van der Waals surface area contributed by atoms with Crippen molar-refractivity contribution >= 4 is 5.94 Å². The zero-order valence-electron chi connectivity index (χ0n) is 4.42. The minimum absolute atomic E-state index is 0.729. The van der Waals surface area contributed by atoms with Gasteiger partial charge in [-0.3, -0.25) is 0 Å². The molecule has 0 amide bonds. The van der Waals surface area contributed by atoms with E-state index in [-0.39, 0.29) is 0 Å². The van der Waals surface area contributed by atoms with E-state index in [2.05, 4.69) is 0 Å². The van der Waals surface area contributed by atoms with Crippen LogP contribution in [0.15, 0.2) is 29.9 Å². The summed E-state index contributed by atoms with van der Waals surface area (Å²) in [6, 6.07) is 0. The normalized spacial score (nSPS) is 16.2. The Morgan fingerprint density at radius 2 is 2.38 bits per heavy atom. The first-order chi connectivity index (χ1) is 3.93. The third-order valence-corrected chi connectivity index (χ3v) is 1.01. The van der Waals surface area contributed by atoms with Crippen molar-refractivity contribution in [3.05, 3.63) is 29.9 Å². The van der Waals surface area contributed by atoms with Crippen molar-refractivity contribution in [3.63, 3.8) is 0 Å². The van der Waals surface area contributed by atoms with Gasteiger partial charge in [0.1, 0.15) is 5.94 Å². The molecule has 0 aromatic rings. The van der Waals surface area contributed by atoms with E-state index >= 15 is 0 Å². The van der Waals surface area contributed by atoms with Gasteiger partial charge in [-0.25, -0.2) is 4.79 Å². The van der Waals surface area contributed by atoms with E-state index < -0.39 is 0 Å². The third-order valence-electron chi connectivity index (χ3n) is 1.01. The molecule has 0 heterocycles. The quantitative estimate of drug-likeness (QED) is 0.425. The summed E-state index contributed by atoms with van der Waals surface area (Å²) < 4.78 is 0. The molecule has 1 aliphatic carbocycles. The Kier molecular flexibility index (Phi) is 1.45. The van der Waals surface area contributed by atoms with Crippen LogP contribution in [0.2, 0.25) is 0 Å². The van der Waals surface area contributed by atoms with E-state index in [0.29, 0.717) is 0 Å². The summed E-state index contributed by atoms with van der Waals surface area (Å²) in [5, 5.41) is 0. The van der Waals surface area contributed by atoms with E-state index in [1.807, 2.05) is 24.2 Å². The molecule has 0 saturated heterocycles. The molecular weight excluding hydrogens is 100 g/mol. The van der Waals surface area contributed by atoms with Crippen molar-refractivity contribution in [1.82, 2.24) is 0 Å². The molecule has 0 bridgehead atoms. The number of allylic oxidation sites excluding steroid dienone is 5. The lowest BCUT2D eigenvalue weighted by Gasteiger charge is -1.92. The number of hydrogen-bond donors (Lipinski definition) is 0. The lowest BCUT2D eigenvalue weighted by molar-refractivity contribution is 0.567. The SMILES string of the molecule is O=C=C1C=CC=CC1. The Labute approximate surface area is 48.0 Å². The predicted molar refractivity (Wildman–Crippen MR) is 32.1 cm³/mol. The molecule has 0 aromatic heterocycles. The van der Waals surface area contributed by atoms with Gasteiger partial charge < -0.3 is 0 Å². The first-order valence-electron chi connectivity index (χ1n) is 2.50. The zero-order valence-corrected chi connectivity index (χ0v) is 4.42. The van der Waals surface area contributed by atoms with Crippen molar-refractivity contribution in [2.24, 2.45) is 0 Å². The average Bonchev–Trinajstić information content (AvgIpc) is 1.90. The first-order valence-corrected chi connectivity index (χ1v) is 2.50. The van der Waals surface area contributed by atoms with Gasteiger partial charge in [0, 0.05) is 12.0 Å². The zero-order chi connectivity index (χ0) is 5.82. The van der Waals surface area contributed by atoms with Gasteiger partial charge in [0.2, 0.25) is 0 Å². The second kappa shape index (κ2) is 2.29. The molecule has 0 aliphatic heterocycles. The fourth-order valence-electron chi connectivity index (χ4n) is 0.589. The van der Waals surface area contributed by atoms with Crippen molar-refractivity contribution in [2.75, 3.05) is 0 Å². The van der Waals surface area contributed by atoms with Gasteiger partial charge in [-0.15, -0.1) is 0 Å². The van der Waals surface area contributed by atoms with Crippen molar-refractivity contribution in [1.29, 1.82) is 0 Å². The molecule has 0 aromatic carbocycles. The Balaban J connectivity index is 2.80. The molecule has 8 heavy (non-hydrogen) atoms. The lowest BCUT2D eigenvalue weighted by atomic mass is 10.1. The topological polar surface area (TPSA) is 17.1 Å². The van der Waals surface area contributed by atoms with Gasteiger partial charge >= 0.3 is 0 Å². The Morgan fingerprint density at radius 1 is 1.50 bits per heavy atom. The maximum absolute atomic E-state index is 9.91. The van der Waals surface area contributed by atoms with Crippen molar-refractivity contribution in [3.8, 4) is 0 Å². The molecule has 0 fully saturated rings. The van der Waals surface area contributed by atoms with E-state index in [1.54, 1.807) is 6.08 Å². The lowest BCUT2D eigenvalue weighted by Crippen LogP contribution is -1.78. The Morgan fingerprint density at radius 3 is 2.75 bits per heavy atom. The van der Waals surface area contributed by atoms with Crippen molar-refractivity contribution < 1.29 is 4.79 Å². The van der Waals surface area contributed by atoms with Gasteiger partial charge in [0.05, 0.1) is 0 Å². The Bertz CT molecular complexity index is 181. The van der Waals surface area contributed by atoms with Crippen LogP contribution in [0.3, 0.4) is 0 Å². The second-order valence-electron chi connectivity index (χ2n) is 1.62. The summed E-state index contributed by atoms with van der Waals surface area (Å²) in [6.07, 6.45) is 8.19. The van der Waals surface area contributed by atoms with Gasteiger partial charge in [-0.1, -0.05) is 18.2 Å². The Hall–Kier alpha value is -1.07. The summed E-state index contributed by atoms with van der Waals surface area (Å²) in [5.74, 6) is 1.83. The summed E-state index contributed by atoms with van der Waals surface area (Å²) in [4.78, 5) is 9.91. The van der Waals surface area contributed by atoms with Crippen LogP contribution < -0.4 is 0 Å². The summed E-state index contributed by atoms with van der Waals surface area (Å²) in [7, 11) is 0. The van der Waals surface area contributed by atoms with Crippen LogP contribution in [0.25, 0.3) is 0 Å². The molecule has 0 unspecified atom stereocenters. The van der Waals surface area contributed by atoms with E-state index in [9.17, 15) is 4.79 Å². The molecule has 0 saturated carbocycles. The fraction of sp³-hybridized carbons (Fsp3) is 0.143. The van der Waals surface area contributed by atoms with Crippen LogP contribution in [-0.4, -0.2) is 5.94 Å². The highest BCUT2D eigenvalue weighted by molar-refractivity contribution is 5.59. The van der Waals surface area contributed by atoms with E-state index in [4.69, 9.17) is 0 Å². The molecule has 0 N–H and O–H groups in total. The summed E-state index contributed by atoms with van der Waals surface area (Å²) in [6.45, 7) is 0. The van der Waals surface area contributed by atoms with Crippen LogP contribution >= 0.6 is 0 Å². The molecule has 1 aliphatic rings. The molecule has 0 radical (unpaired) electrons. The van der Waals surface area contributed by atoms with Crippen LogP contribution in [-0.2, 0) is 4.79 Å². The molecule has 40 valence electrons. The molecular formula is C7H6O. The van der Waals surface area contributed by atoms with E-state index in [1.165, 1.54) is 0 Å². The minimum atomic E-state index is 0.729. The standard InChI is InChI=1S/C7H6O/c8-6-7-4-2-1-3-5-7/h1-4H,5H2. The highest BCUT2D eigenvalue weighted by atomic mass is 16.1. The van der Waals surface area contributed by atoms with Gasteiger partial charge in [-0.2, -0.15) is 0 Å². The largest absolute Gasteiger partial charge is 0.233 e. The molecule has 1 nitrogen and oxygen atoms in total. The highest BCUT2D eigenvalue weighted by Gasteiger charge is 1.90. The number of hydrogen-bond acceptors (Lipinski definition) is 1. The molecule has 0 spiro atoms. The van der Waals surface area contributed by atoms with Gasteiger partial charge in [0.25, 0.3) is 0 Å². The van der Waals surface area contributed by atoms with Crippen LogP contribution in [0.5, 0.6) is 0 Å². The molecule has 0 atom stereocenters. The fourth-order valence-corrected chi connectivity index (χ4v) is 0.589. The maximum atomic E-state index is 9.91. The van der Waals surface area contributed by atoms with Crippen LogP contribution in [0, 0.1) is 0 Å². The predicted octanol–water partition coefficient (Wildman–Crippen LogP) is 1.26. The van der Waals surface area contributed by atoms with Crippen molar-refractivity contribution in [2.45, 2.75) is 6.42 Å².